The zero-order chi connectivity index (χ0) is 14.9. The van der Waals surface area contributed by atoms with Crippen molar-refractivity contribution >= 4 is 11.7 Å². The van der Waals surface area contributed by atoms with Gasteiger partial charge in [-0.25, -0.2) is 4.79 Å². The maximum Gasteiger partial charge on any atom is 0.337 e. The molecule has 1 saturated heterocycles. The maximum absolute atomic E-state index is 11.4. The summed E-state index contributed by atoms with van der Waals surface area (Å²) in [5.41, 5.74) is 1.36. The van der Waals surface area contributed by atoms with Crippen molar-refractivity contribution in [3.8, 4) is 5.75 Å². The molecule has 0 saturated carbocycles. The maximum atomic E-state index is 11.4. The predicted octanol–water partition coefficient (Wildman–Crippen LogP) is 3.27. The molecule has 1 aromatic carbocycles. The van der Waals surface area contributed by atoms with Gasteiger partial charge in [0.25, 0.3) is 0 Å². The number of methoxy groups -OCH3 is 1. The number of hydrogen-bond donors (Lipinski definition) is 1. The first kappa shape index (κ1) is 14.7. The van der Waals surface area contributed by atoms with Crippen LogP contribution in [0, 0.1) is 11.3 Å². The average Bonchev–Trinajstić information content (AvgIpc) is 2.87. The molecule has 1 heterocycles. The summed E-state index contributed by atoms with van der Waals surface area (Å²) in [4.78, 5) is 13.6. The van der Waals surface area contributed by atoms with Gasteiger partial charge in [-0.3, -0.25) is 0 Å². The average molecular weight is 277 g/mol. The summed E-state index contributed by atoms with van der Waals surface area (Å²) in [7, 11) is 1.60. The van der Waals surface area contributed by atoms with Crippen LogP contribution in [0.1, 0.15) is 37.6 Å². The van der Waals surface area contributed by atoms with Gasteiger partial charge in [0.05, 0.1) is 18.4 Å². The number of rotatable bonds is 3. The Hall–Kier alpha value is -1.71. The summed E-state index contributed by atoms with van der Waals surface area (Å²) in [6.45, 7) is 8.52. The molecule has 1 aromatic rings. The van der Waals surface area contributed by atoms with E-state index in [-0.39, 0.29) is 5.41 Å². The van der Waals surface area contributed by atoms with E-state index in [1.807, 2.05) is 6.07 Å². The van der Waals surface area contributed by atoms with Gasteiger partial charge in [-0.2, -0.15) is 0 Å². The number of anilines is 1. The first-order valence-corrected chi connectivity index (χ1v) is 6.99. The van der Waals surface area contributed by atoms with Crippen molar-refractivity contribution in [1.29, 1.82) is 0 Å². The predicted molar refractivity (Wildman–Crippen MR) is 79.7 cm³/mol. The molecule has 0 bridgehead atoms. The highest BCUT2D eigenvalue weighted by molar-refractivity contribution is 5.95. The monoisotopic (exact) mass is 277 g/mol. The van der Waals surface area contributed by atoms with Crippen molar-refractivity contribution in [1.82, 2.24) is 0 Å². The minimum absolute atomic E-state index is 0.247. The molecule has 4 heteroatoms. The SMILES string of the molecule is COc1ccc(C(=O)O)c(N2CCC(C(C)(C)C)C2)c1. The minimum atomic E-state index is -0.887. The Labute approximate surface area is 120 Å². The molecule has 0 spiro atoms. The van der Waals surface area contributed by atoms with Crippen molar-refractivity contribution in [2.75, 3.05) is 25.1 Å². The van der Waals surface area contributed by atoms with E-state index in [0.717, 1.165) is 25.2 Å². The van der Waals surface area contributed by atoms with Crippen LogP contribution in [0.3, 0.4) is 0 Å². The van der Waals surface area contributed by atoms with E-state index in [0.29, 0.717) is 17.2 Å². The normalized spacial score (nSPS) is 19.2. The molecule has 0 aromatic heterocycles. The number of aromatic carboxylic acids is 1. The van der Waals surface area contributed by atoms with Gasteiger partial charge in [-0.1, -0.05) is 20.8 Å². The van der Waals surface area contributed by atoms with Crippen molar-refractivity contribution in [3.63, 3.8) is 0 Å². The van der Waals surface area contributed by atoms with Gasteiger partial charge in [-0.05, 0) is 29.9 Å². The number of benzene rings is 1. The molecule has 20 heavy (non-hydrogen) atoms. The van der Waals surface area contributed by atoms with Gasteiger partial charge in [0.2, 0.25) is 0 Å². The van der Waals surface area contributed by atoms with Crippen LogP contribution in [0.4, 0.5) is 5.69 Å². The summed E-state index contributed by atoms with van der Waals surface area (Å²) in [5, 5.41) is 9.35. The lowest BCUT2D eigenvalue weighted by Crippen LogP contribution is -2.26. The first-order valence-electron chi connectivity index (χ1n) is 6.99. The smallest absolute Gasteiger partial charge is 0.337 e. The van der Waals surface area contributed by atoms with Crippen LogP contribution < -0.4 is 9.64 Å². The summed E-state index contributed by atoms with van der Waals surface area (Å²) in [6, 6.07) is 5.15. The molecule has 1 aliphatic rings. The number of hydrogen-bond acceptors (Lipinski definition) is 3. The Morgan fingerprint density at radius 3 is 2.60 bits per heavy atom. The molecule has 1 aliphatic heterocycles. The Bertz CT molecular complexity index is 505. The molecule has 0 aliphatic carbocycles. The molecule has 1 atom stereocenters. The summed E-state index contributed by atoms with van der Waals surface area (Å²) in [5.74, 6) is 0.390. The molecule has 0 radical (unpaired) electrons. The third-order valence-corrected chi connectivity index (χ3v) is 4.19. The Kier molecular flexibility index (Phi) is 3.93. The molecule has 0 amide bonds. The summed E-state index contributed by atoms with van der Waals surface area (Å²) in [6.07, 6.45) is 1.10. The fourth-order valence-corrected chi connectivity index (χ4v) is 2.77. The van der Waals surface area contributed by atoms with Gasteiger partial charge in [0, 0.05) is 19.2 Å². The summed E-state index contributed by atoms with van der Waals surface area (Å²) < 4.78 is 5.22. The van der Waals surface area contributed by atoms with E-state index in [1.165, 1.54) is 0 Å². The molecule has 1 unspecified atom stereocenters. The van der Waals surface area contributed by atoms with Crippen LogP contribution in [0.15, 0.2) is 18.2 Å². The first-order chi connectivity index (χ1) is 9.32. The zero-order valence-electron chi connectivity index (χ0n) is 12.6. The lowest BCUT2D eigenvalue weighted by atomic mass is 9.80. The molecule has 1 fully saturated rings. The van der Waals surface area contributed by atoms with E-state index < -0.39 is 5.97 Å². The van der Waals surface area contributed by atoms with Crippen LogP contribution in [0.25, 0.3) is 0 Å². The topological polar surface area (TPSA) is 49.8 Å². The molecule has 4 nitrogen and oxygen atoms in total. The third kappa shape index (κ3) is 2.89. The van der Waals surface area contributed by atoms with Crippen LogP contribution in [-0.4, -0.2) is 31.3 Å². The fraction of sp³-hybridized carbons (Fsp3) is 0.562. The van der Waals surface area contributed by atoms with E-state index in [4.69, 9.17) is 4.74 Å². The van der Waals surface area contributed by atoms with Crippen LogP contribution in [0.5, 0.6) is 5.75 Å². The largest absolute Gasteiger partial charge is 0.497 e. The Morgan fingerprint density at radius 1 is 1.40 bits per heavy atom. The number of ether oxygens (including phenoxy) is 1. The third-order valence-electron chi connectivity index (χ3n) is 4.19. The standard InChI is InChI=1S/C16H23NO3/c1-16(2,3)11-7-8-17(10-11)14-9-12(20-4)5-6-13(14)15(18)19/h5-6,9,11H,7-8,10H2,1-4H3,(H,18,19). The van der Waals surface area contributed by atoms with Crippen LogP contribution >= 0.6 is 0 Å². The van der Waals surface area contributed by atoms with E-state index >= 15 is 0 Å². The van der Waals surface area contributed by atoms with Crippen molar-refractivity contribution in [3.05, 3.63) is 23.8 Å². The molecule has 2 rings (SSSR count). The van der Waals surface area contributed by atoms with Gasteiger partial charge in [0.1, 0.15) is 5.75 Å². The van der Waals surface area contributed by atoms with E-state index in [9.17, 15) is 9.90 Å². The lowest BCUT2D eigenvalue weighted by Gasteiger charge is -2.28. The second-order valence-corrected chi connectivity index (χ2v) is 6.49. The minimum Gasteiger partial charge on any atom is -0.497 e. The van der Waals surface area contributed by atoms with Gasteiger partial charge in [-0.15, -0.1) is 0 Å². The van der Waals surface area contributed by atoms with Crippen LogP contribution in [-0.2, 0) is 0 Å². The highest BCUT2D eigenvalue weighted by Gasteiger charge is 2.33. The van der Waals surface area contributed by atoms with Gasteiger partial charge in [0.15, 0.2) is 0 Å². The molecule has 1 N–H and O–H groups in total. The number of carboxylic acids is 1. The highest BCUT2D eigenvalue weighted by atomic mass is 16.5. The zero-order valence-corrected chi connectivity index (χ0v) is 12.6. The molecular weight excluding hydrogens is 254 g/mol. The van der Waals surface area contributed by atoms with Crippen molar-refractivity contribution in [2.24, 2.45) is 11.3 Å². The van der Waals surface area contributed by atoms with Crippen LogP contribution in [0.2, 0.25) is 0 Å². The van der Waals surface area contributed by atoms with Crippen molar-refractivity contribution in [2.45, 2.75) is 27.2 Å². The van der Waals surface area contributed by atoms with Crippen molar-refractivity contribution < 1.29 is 14.6 Å². The quantitative estimate of drug-likeness (QED) is 0.921. The van der Waals surface area contributed by atoms with E-state index in [1.54, 1.807) is 19.2 Å². The fourth-order valence-electron chi connectivity index (χ4n) is 2.77. The summed E-state index contributed by atoms with van der Waals surface area (Å²) >= 11 is 0. The number of nitrogens with zero attached hydrogens (tertiary/aromatic N) is 1. The second kappa shape index (κ2) is 5.35. The molecular formula is C16H23NO3. The highest BCUT2D eigenvalue weighted by Crippen LogP contribution is 2.37. The Balaban J connectivity index is 2.30. The van der Waals surface area contributed by atoms with Gasteiger partial charge >= 0.3 is 5.97 Å². The second-order valence-electron chi connectivity index (χ2n) is 6.49. The van der Waals surface area contributed by atoms with Gasteiger partial charge < -0.3 is 14.7 Å². The lowest BCUT2D eigenvalue weighted by molar-refractivity contribution is 0.0697. The van der Waals surface area contributed by atoms with E-state index in [2.05, 4.69) is 25.7 Å². The Morgan fingerprint density at radius 2 is 2.10 bits per heavy atom. The number of carbonyl (C=O) groups is 1. The number of carboxylic acid groups (broad SMARTS) is 1. The molecule has 110 valence electrons.